The molecule has 0 heterocycles. The van der Waals surface area contributed by atoms with Gasteiger partial charge in [0.25, 0.3) is 0 Å². The van der Waals surface area contributed by atoms with Crippen LogP contribution in [-0.2, 0) is 0 Å². The highest BCUT2D eigenvalue weighted by molar-refractivity contribution is 9.10. The van der Waals surface area contributed by atoms with E-state index in [0.29, 0.717) is 0 Å². The molecule has 1 nitrogen and oxygen atoms in total. The highest BCUT2D eigenvalue weighted by Gasteiger charge is 2.13. The van der Waals surface area contributed by atoms with Gasteiger partial charge in [-0.3, -0.25) is 0 Å². The van der Waals surface area contributed by atoms with E-state index in [-0.39, 0.29) is 6.04 Å². The molecule has 0 aliphatic rings. The van der Waals surface area contributed by atoms with Gasteiger partial charge in [0.1, 0.15) is 0 Å². The van der Waals surface area contributed by atoms with Crippen molar-refractivity contribution < 1.29 is 0 Å². The Labute approximate surface area is 128 Å². The van der Waals surface area contributed by atoms with Gasteiger partial charge in [-0.25, -0.2) is 0 Å². The molecule has 0 amide bonds. The second-order valence-electron chi connectivity index (χ2n) is 4.60. The Morgan fingerprint density at radius 1 is 1.11 bits per heavy atom. The van der Waals surface area contributed by atoms with Gasteiger partial charge in [-0.05, 0) is 54.4 Å². The van der Waals surface area contributed by atoms with E-state index in [0.717, 1.165) is 16.0 Å². The third kappa shape index (κ3) is 3.82. The van der Waals surface area contributed by atoms with E-state index in [9.17, 15) is 0 Å². The van der Waals surface area contributed by atoms with Crippen molar-refractivity contribution in [2.24, 2.45) is 0 Å². The van der Waals surface area contributed by atoms with Crippen molar-refractivity contribution in [2.75, 3.05) is 6.54 Å². The van der Waals surface area contributed by atoms with Crippen LogP contribution in [-0.4, -0.2) is 6.54 Å². The molecule has 0 bridgehead atoms. The largest absolute Gasteiger partial charge is 0.307 e. The zero-order chi connectivity index (χ0) is 13.8. The Morgan fingerprint density at radius 2 is 1.79 bits per heavy atom. The Bertz CT molecular complexity index is 531. The summed E-state index contributed by atoms with van der Waals surface area (Å²) in [5, 5.41) is 4.29. The lowest BCUT2D eigenvalue weighted by Gasteiger charge is -2.20. The highest BCUT2D eigenvalue weighted by atomic mass is 79.9. The molecule has 0 aliphatic carbocycles. The Morgan fingerprint density at radius 3 is 2.37 bits per heavy atom. The molecule has 3 heteroatoms. The van der Waals surface area contributed by atoms with Crippen molar-refractivity contribution in [3.05, 3.63) is 68.7 Å². The number of aryl methyl sites for hydroxylation is 1. The molecule has 0 aromatic heterocycles. The van der Waals surface area contributed by atoms with Gasteiger partial charge in [0.05, 0.1) is 6.04 Å². The van der Waals surface area contributed by atoms with E-state index >= 15 is 0 Å². The zero-order valence-corrected chi connectivity index (χ0v) is 13.4. The van der Waals surface area contributed by atoms with Crippen LogP contribution in [0.5, 0.6) is 0 Å². The van der Waals surface area contributed by atoms with Crippen LogP contribution in [0.4, 0.5) is 0 Å². The smallest absolute Gasteiger partial charge is 0.0577 e. The van der Waals surface area contributed by atoms with E-state index in [1.54, 1.807) is 0 Å². The summed E-state index contributed by atoms with van der Waals surface area (Å²) in [6.07, 6.45) is 0. The number of benzene rings is 2. The molecule has 0 aliphatic heterocycles. The molecular formula is C16H17BrClN. The van der Waals surface area contributed by atoms with Gasteiger partial charge in [0.15, 0.2) is 0 Å². The van der Waals surface area contributed by atoms with Crippen LogP contribution < -0.4 is 5.32 Å². The lowest BCUT2D eigenvalue weighted by Crippen LogP contribution is -2.22. The fourth-order valence-corrected chi connectivity index (χ4v) is 2.97. The van der Waals surface area contributed by atoms with E-state index in [2.05, 4.69) is 65.4 Å². The zero-order valence-electron chi connectivity index (χ0n) is 11.1. The van der Waals surface area contributed by atoms with Crippen molar-refractivity contribution in [2.45, 2.75) is 19.9 Å². The molecule has 19 heavy (non-hydrogen) atoms. The van der Waals surface area contributed by atoms with Crippen molar-refractivity contribution in [3.63, 3.8) is 0 Å². The summed E-state index contributed by atoms with van der Waals surface area (Å²) in [6, 6.07) is 14.7. The molecule has 100 valence electrons. The summed E-state index contributed by atoms with van der Waals surface area (Å²) in [5.74, 6) is 0. The minimum absolute atomic E-state index is 0.193. The summed E-state index contributed by atoms with van der Waals surface area (Å²) in [7, 11) is 0. The maximum absolute atomic E-state index is 5.96. The SMILES string of the molecule is CCNC(c1ccc(Cl)cc1)c1cc(C)cc(Br)c1. The van der Waals surface area contributed by atoms with Crippen LogP contribution in [0.1, 0.15) is 29.7 Å². The Kier molecular flexibility index (Phi) is 5.03. The van der Waals surface area contributed by atoms with E-state index in [1.165, 1.54) is 16.7 Å². The molecule has 2 aromatic carbocycles. The normalized spacial score (nSPS) is 12.4. The number of hydrogen-bond donors (Lipinski definition) is 1. The molecule has 0 spiro atoms. The predicted molar refractivity (Wildman–Crippen MR) is 85.9 cm³/mol. The molecule has 0 saturated carbocycles. The van der Waals surface area contributed by atoms with Gasteiger partial charge in [-0.2, -0.15) is 0 Å². The van der Waals surface area contributed by atoms with Crippen LogP contribution in [0, 0.1) is 6.92 Å². The predicted octanol–water partition coefficient (Wildman–Crippen LogP) is 5.11. The van der Waals surface area contributed by atoms with Crippen LogP contribution in [0.25, 0.3) is 0 Å². The number of halogens is 2. The molecular weight excluding hydrogens is 322 g/mol. The summed E-state index contributed by atoms with van der Waals surface area (Å²) < 4.78 is 1.11. The van der Waals surface area contributed by atoms with Crippen LogP contribution in [0.2, 0.25) is 5.02 Å². The Balaban J connectivity index is 2.41. The number of nitrogens with one attached hydrogen (secondary N) is 1. The van der Waals surface area contributed by atoms with Gasteiger partial charge in [0, 0.05) is 9.50 Å². The minimum atomic E-state index is 0.193. The number of rotatable bonds is 4. The van der Waals surface area contributed by atoms with Gasteiger partial charge < -0.3 is 5.32 Å². The van der Waals surface area contributed by atoms with Gasteiger partial charge in [-0.1, -0.05) is 52.7 Å². The first-order valence-electron chi connectivity index (χ1n) is 6.36. The molecule has 0 radical (unpaired) electrons. The van der Waals surface area contributed by atoms with Crippen LogP contribution >= 0.6 is 27.5 Å². The summed E-state index contributed by atoms with van der Waals surface area (Å²) in [6.45, 7) is 5.14. The fourth-order valence-electron chi connectivity index (χ4n) is 2.22. The van der Waals surface area contributed by atoms with Gasteiger partial charge >= 0.3 is 0 Å². The summed E-state index contributed by atoms with van der Waals surface area (Å²) >= 11 is 9.53. The van der Waals surface area contributed by atoms with E-state index in [1.807, 2.05) is 12.1 Å². The monoisotopic (exact) mass is 337 g/mol. The van der Waals surface area contributed by atoms with E-state index < -0.39 is 0 Å². The molecule has 0 fully saturated rings. The molecule has 2 rings (SSSR count). The standard InChI is InChI=1S/C16H17BrClN/c1-3-19-16(12-4-6-15(18)7-5-12)13-8-11(2)9-14(17)10-13/h4-10,16,19H,3H2,1-2H3. The topological polar surface area (TPSA) is 12.0 Å². The van der Waals surface area contributed by atoms with Crippen molar-refractivity contribution >= 4 is 27.5 Å². The van der Waals surface area contributed by atoms with Crippen LogP contribution in [0.3, 0.4) is 0 Å². The van der Waals surface area contributed by atoms with Gasteiger partial charge in [0.2, 0.25) is 0 Å². The maximum Gasteiger partial charge on any atom is 0.0577 e. The summed E-state index contributed by atoms with van der Waals surface area (Å²) in [4.78, 5) is 0. The Hall–Kier alpha value is -0.830. The van der Waals surface area contributed by atoms with Crippen molar-refractivity contribution in [3.8, 4) is 0 Å². The van der Waals surface area contributed by atoms with Crippen molar-refractivity contribution in [1.82, 2.24) is 5.32 Å². The molecule has 1 N–H and O–H groups in total. The molecule has 2 aromatic rings. The van der Waals surface area contributed by atoms with E-state index in [4.69, 9.17) is 11.6 Å². The molecule has 1 atom stereocenters. The first kappa shape index (κ1) is 14.6. The highest BCUT2D eigenvalue weighted by Crippen LogP contribution is 2.27. The lowest BCUT2D eigenvalue weighted by atomic mass is 9.97. The van der Waals surface area contributed by atoms with Crippen molar-refractivity contribution in [1.29, 1.82) is 0 Å². The summed E-state index contributed by atoms with van der Waals surface area (Å²) in [5.41, 5.74) is 3.74. The minimum Gasteiger partial charge on any atom is -0.307 e. The second-order valence-corrected chi connectivity index (χ2v) is 5.96. The fraction of sp³-hybridized carbons (Fsp3) is 0.250. The third-order valence-electron chi connectivity index (χ3n) is 3.01. The lowest BCUT2D eigenvalue weighted by molar-refractivity contribution is 0.630. The maximum atomic E-state index is 5.96. The second kappa shape index (κ2) is 6.56. The van der Waals surface area contributed by atoms with Crippen LogP contribution in [0.15, 0.2) is 46.9 Å². The average molecular weight is 339 g/mol. The quantitative estimate of drug-likeness (QED) is 0.817. The average Bonchev–Trinajstić information content (AvgIpc) is 2.36. The first-order chi connectivity index (χ1) is 9.10. The van der Waals surface area contributed by atoms with Gasteiger partial charge in [-0.15, -0.1) is 0 Å². The third-order valence-corrected chi connectivity index (χ3v) is 3.72. The molecule has 0 saturated heterocycles. The first-order valence-corrected chi connectivity index (χ1v) is 7.53. The number of hydrogen-bond acceptors (Lipinski definition) is 1. The molecule has 1 unspecified atom stereocenters.